The van der Waals surface area contributed by atoms with Crippen molar-refractivity contribution in [3.8, 4) is 0 Å². The second-order valence-corrected chi connectivity index (χ2v) is 3.19. The Morgan fingerprint density at radius 1 is 1.35 bits per heavy atom. The van der Waals surface area contributed by atoms with E-state index in [1.165, 1.54) is 0 Å². The van der Waals surface area contributed by atoms with E-state index in [0.717, 1.165) is 0 Å². The third-order valence-electron chi connectivity index (χ3n) is 2.12. The summed E-state index contributed by atoms with van der Waals surface area (Å²) in [6.07, 6.45) is -8.03. The Balaban J connectivity index is 3.46. The van der Waals surface area contributed by atoms with Gasteiger partial charge in [0.2, 0.25) is 0 Å². The predicted molar refractivity (Wildman–Crippen MR) is 48.0 cm³/mol. The lowest BCUT2D eigenvalue weighted by molar-refractivity contribution is -0.141. The molecule has 0 atom stereocenters. The van der Waals surface area contributed by atoms with E-state index in [9.17, 15) is 22.0 Å². The monoisotopic (exact) mass is 256 g/mol. The average Bonchev–Trinajstić information content (AvgIpc) is 2.25. The molecule has 1 heterocycles. The maximum absolute atomic E-state index is 12.5. The van der Waals surface area contributed by atoms with E-state index in [0.29, 0.717) is 6.07 Å². The number of hydrogen-bond acceptors (Lipinski definition) is 3. The second kappa shape index (κ2) is 4.92. The maximum atomic E-state index is 12.5. The summed E-state index contributed by atoms with van der Waals surface area (Å²) >= 11 is 0. The number of aliphatic hydroxyl groups excluding tert-OH is 1. The van der Waals surface area contributed by atoms with Gasteiger partial charge in [0, 0.05) is 6.54 Å². The van der Waals surface area contributed by atoms with Crippen molar-refractivity contribution in [2.45, 2.75) is 25.8 Å². The molecule has 8 heteroatoms. The maximum Gasteiger partial charge on any atom is 0.433 e. The molecule has 17 heavy (non-hydrogen) atoms. The predicted octanol–water partition coefficient (Wildman–Crippen LogP) is 1.99. The van der Waals surface area contributed by atoms with Crippen molar-refractivity contribution in [3.05, 3.63) is 28.6 Å². The highest BCUT2D eigenvalue weighted by Gasteiger charge is 2.35. The summed E-state index contributed by atoms with van der Waals surface area (Å²) in [5, 5.41) is 8.85. The largest absolute Gasteiger partial charge is 0.433 e. The lowest BCUT2D eigenvalue weighted by Gasteiger charge is -2.14. The summed E-state index contributed by atoms with van der Waals surface area (Å²) in [5.41, 5.74) is 2.12. The van der Waals surface area contributed by atoms with Gasteiger partial charge in [-0.2, -0.15) is 13.2 Å². The molecule has 0 aliphatic carbocycles. The van der Waals surface area contributed by atoms with E-state index in [1.54, 1.807) is 0 Å². The molecule has 0 unspecified atom stereocenters. The normalized spacial score (nSPS) is 12.2. The zero-order valence-corrected chi connectivity index (χ0v) is 8.43. The smallest absolute Gasteiger partial charge is 0.392 e. The number of hydrogen-bond donors (Lipinski definition) is 2. The van der Waals surface area contributed by atoms with Crippen LogP contribution in [0.5, 0.6) is 0 Å². The van der Waals surface area contributed by atoms with Crippen LogP contribution >= 0.6 is 0 Å². The fourth-order valence-electron chi connectivity index (χ4n) is 1.35. The first kappa shape index (κ1) is 13.8. The molecular formula is C9H9F5N2O. The summed E-state index contributed by atoms with van der Waals surface area (Å²) in [6.45, 7) is -1.22. The standard InChI is InChI=1S/C9H9F5N2O/c10-8(11)7-5(2-15)4(3-17)1-6(16-7)9(12,13)14/h1,8,17H,2-3,15H2. The summed E-state index contributed by atoms with van der Waals surface area (Å²) in [4.78, 5) is 2.86. The first-order chi connectivity index (χ1) is 7.81. The van der Waals surface area contributed by atoms with E-state index in [-0.39, 0.29) is 11.1 Å². The molecule has 96 valence electrons. The molecule has 1 aromatic heterocycles. The van der Waals surface area contributed by atoms with Crippen molar-refractivity contribution in [3.63, 3.8) is 0 Å². The van der Waals surface area contributed by atoms with Gasteiger partial charge in [-0.05, 0) is 17.2 Å². The quantitative estimate of drug-likeness (QED) is 0.813. The number of nitrogens with two attached hydrogens (primary N) is 1. The minimum atomic E-state index is -4.85. The molecule has 0 fully saturated rings. The van der Waals surface area contributed by atoms with E-state index in [1.807, 2.05) is 0 Å². The highest BCUT2D eigenvalue weighted by molar-refractivity contribution is 5.34. The van der Waals surface area contributed by atoms with Crippen molar-refractivity contribution in [2.24, 2.45) is 5.73 Å². The van der Waals surface area contributed by atoms with E-state index < -0.39 is 37.1 Å². The Labute approximate surface area is 93.1 Å². The molecule has 0 amide bonds. The topological polar surface area (TPSA) is 59.1 Å². The first-order valence-corrected chi connectivity index (χ1v) is 4.50. The van der Waals surface area contributed by atoms with Gasteiger partial charge in [-0.15, -0.1) is 0 Å². The van der Waals surface area contributed by atoms with Crippen molar-refractivity contribution in [2.75, 3.05) is 0 Å². The molecular weight excluding hydrogens is 247 g/mol. The van der Waals surface area contributed by atoms with Crippen LogP contribution < -0.4 is 5.73 Å². The van der Waals surface area contributed by atoms with Crippen molar-refractivity contribution >= 4 is 0 Å². The van der Waals surface area contributed by atoms with Crippen molar-refractivity contribution in [1.29, 1.82) is 0 Å². The third kappa shape index (κ3) is 2.89. The molecule has 0 spiro atoms. The Hall–Kier alpha value is -1.28. The highest BCUT2D eigenvalue weighted by atomic mass is 19.4. The average molecular weight is 256 g/mol. The van der Waals surface area contributed by atoms with Crippen LogP contribution in [0.4, 0.5) is 22.0 Å². The van der Waals surface area contributed by atoms with Gasteiger partial charge in [-0.1, -0.05) is 0 Å². The van der Waals surface area contributed by atoms with Crippen LogP contribution in [0.25, 0.3) is 0 Å². The molecule has 0 saturated heterocycles. The minimum Gasteiger partial charge on any atom is -0.392 e. The van der Waals surface area contributed by atoms with Crippen LogP contribution in [0, 0.1) is 0 Å². The molecule has 3 N–H and O–H groups in total. The minimum absolute atomic E-state index is 0.254. The molecule has 0 radical (unpaired) electrons. The molecule has 0 bridgehead atoms. The van der Waals surface area contributed by atoms with Gasteiger partial charge in [0.15, 0.2) is 0 Å². The third-order valence-corrected chi connectivity index (χ3v) is 2.12. The van der Waals surface area contributed by atoms with E-state index >= 15 is 0 Å². The van der Waals surface area contributed by atoms with Crippen LogP contribution in [0.15, 0.2) is 6.07 Å². The molecule has 0 aliphatic heterocycles. The molecule has 3 nitrogen and oxygen atoms in total. The lowest BCUT2D eigenvalue weighted by atomic mass is 10.1. The number of alkyl halides is 5. The number of aliphatic hydroxyl groups is 1. The zero-order chi connectivity index (χ0) is 13.2. The van der Waals surface area contributed by atoms with Crippen LogP contribution in [-0.2, 0) is 19.3 Å². The Morgan fingerprint density at radius 3 is 2.29 bits per heavy atom. The van der Waals surface area contributed by atoms with Gasteiger partial charge in [-0.3, -0.25) is 0 Å². The number of pyridine rings is 1. The van der Waals surface area contributed by atoms with Gasteiger partial charge in [0.1, 0.15) is 11.4 Å². The Kier molecular flexibility index (Phi) is 3.99. The molecule has 0 saturated carbocycles. The fraction of sp³-hybridized carbons (Fsp3) is 0.444. The van der Waals surface area contributed by atoms with Crippen molar-refractivity contribution in [1.82, 2.24) is 4.98 Å². The zero-order valence-electron chi connectivity index (χ0n) is 8.43. The van der Waals surface area contributed by atoms with Gasteiger partial charge < -0.3 is 10.8 Å². The van der Waals surface area contributed by atoms with Gasteiger partial charge >= 0.3 is 6.18 Å². The van der Waals surface area contributed by atoms with Crippen LogP contribution in [0.2, 0.25) is 0 Å². The van der Waals surface area contributed by atoms with Gasteiger partial charge in [-0.25, -0.2) is 13.8 Å². The van der Waals surface area contributed by atoms with E-state index in [4.69, 9.17) is 10.8 Å². The van der Waals surface area contributed by atoms with E-state index in [2.05, 4.69) is 4.98 Å². The first-order valence-electron chi connectivity index (χ1n) is 4.50. The fourth-order valence-corrected chi connectivity index (χ4v) is 1.35. The summed E-state index contributed by atoms with van der Waals surface area (Å²) in [5.74, 6) is 0. The number of halogens is 5. The van der Waals surface area contributed by atoms with Crippen molar-refractivity contribution < 1.29 is 27.1 Å². The SMILES string of the molecule is NCc1c(CO)cc(C(F)(F)F)nc1C(F)F. The molecule has 1 aromatic rings. The van der Waals surface area contributed by atoms with Crippen LogP contribution in [-0.4, -0.2) is 10.1 Å². The molecule has 0 aliphatic rings. The summed E-state index contributed by atoms with van der Waals surface area (Å²) in [7, 11) is 0. The van der Waals surface area contributed by atoms with Crippen LogP contribution in [0.1, 0.15) is 28.9 Å². The number of rotatable bonds is 3. The Bertz CT molecular complexity index is 405. The van der Waals surface area contributed by atoms with Crippen LogP contribution in [0.3, 0.4) is 0 Å². The number of aromatic nitrogens is 1. The van der Waals surface area contributed by atoms with Gasteiger partial charge in [0.25, 0.3) is 6.43 Å². The molecule has 0 aromatic carbocycles. The Morgan fingerprint density at radius 2 is 1.94 bits per heavy atom. The lowest BCUT2D eigenvalue weighted by Crippen LogP contribution is -2.16. The second-order valence-electron chi connectivity index (χ2n) is 3.19. The molecule has 1 rings (SSSR count). The summed E-state index contributed by atoms with van der Waals surface area (Å²) in [6, 6.07) is 0.522. The highest BCUT2D eigenvalue weighted by Crippen LogP contribution is 2.32. The van der Waals surface area contributed by atoms with Gasteiger partial charge in [0.05, 0.1) is 6.61 Å². The summed E-state index contributed by atoms with van der Waals surface area (Å²) < 4.78 is 62.2. The number of nitrogens with zero attached hydrogens (tertiary/aromatic N) is 1.